The lowest BCUT2D eigenvalue weighted by Gasteiger charge is -2.07. The van der Waals surface area contributed by atoms with Gasteiger partial charge in [0, 0.05) is 11.6 Å². The molecule has 1 rings (SSSR count). The molecule has 0 aliphatic carbocycles. The van der Waals surface area contributed by atoms with Gasteiger partial charge in [0.2, 0.25) is 0 Å². The van der Waals surface area contributed by atoms with Crippen LogP contribution in [0.1, 0.15) is 17.3 Å². The zero-order valence-electron chi connectivity index (χ0n) is 9.16. The fourth-order valence-corrected chi connectivity index (χ4v) is 1.18. The average Bonchev–Trinajstić information content (AvgIpc) is 2.27. The molecule has 0 heterocycles. The first-order valence-electron chi connectivity index (χ1n) is 4.51. The smallest absolute Gasteiger partial charge is 0.188 e. The van der Waals surface area contributed by atoms with Crippen LogP contribution in [0.15, 0.2) is 30.4 Å². The minimum absolute atomic E-state index is 0.104. The number of hydrogen-bond donors (Lipinski definition) is 0. The van der Waals surface area contributed by atoms with Crippen LogP contribution in [0, 0.1) is 0 Å². The predicted octanol–water partition coefficient (Wildman–Crippen LogP) is 2.46. The predicted molar refractivity (Wildman–Crippen MR) is 58.7 cm³/mol. The third kappa shape index (κ3) is 2.59. The van der Waals surface area contributed by atoms with Crippen molar-refractivity contribution in [1.82, 2.24) is 0 Å². The minimum atomic E-state index is -0.104. The van der Waals surface area contributed by atoms with Gasteiger partial charge in [-0.15, -0.1) is 0 Å². The zero-order valence-corrected chi connectivity index (χ0v) is 9.16. The van der Waals surface area contributed by atoms with E-state index in [2.05, 4.69) is 6.58 Å². The van der Waals surface area contributed by atoms with Crippen molar-refractivity contribution in [2.24, 2.45) is 0 Å². The van der Waals surface area contributed by atoms with E-state index in [9.17, 15) is 4.79 Å². The lowest BCUT2D eigenvalue weighted by molar-refractivity contribution is 0.103. The molecule has 0 N–H and O–H groups in total. The van der Waals surface area contributed by atoms with Gasteiger partial charge in [-0.25, -0.2) is 0 Å². The number of allylic oxidation sites excluding steroid dienone is 1. The maximum absolute atomic E-state index is 11.7. The standard InChI is InChI=1S/C12H14O3/c1-8(2)12(13)9-5-10(14-3)7-11(6-9)15-4/h5-7H,1H2,2-4H3. The summed E-state index contributed by atoms with van der Waals surface area (Å²) in [5.74, 6) is 1.09. The summed E-state index contributed by atoms with van der Waals surface area (Å²) in [6.45, 7) is 5.29. The van der Waals surface area contributed by atoms with Gasteiger partial charge in [0.25, 0.3) is 0 Å². The molecule has 0 aliphatic rings. The molecular weight excluding hydrogens is 192 g/mol. The number of rotatable bonds is 4. The lowest BCUT2D eigenvalue weighted by Crippen LogP contribution is -2.00. The molecule has 0 aromatic heterocycles. The van der Waals surface area contributed by atoms with Crippen molar-refractivity contribution < 1.29 is 14.3 Å². The second-order valence-electron chi connectivity index (χ2n) is 3.21. The third-order valence-corrected chi connectivity index (χ3v) is 2.00. The van der Waals surface area contributed by atoms with Gasteiger partial charge in [0.15, 0.2) is 5.78 Å². The Bertz CT molecular complexity index is 372. The van der Waals surface area contributed by atoms with Gasteiger partial charge in [-0.1, -0.05) is 6.58 Å². The highest BCUT2D eigenvalue weighted by molar-refractivity contribution is 6.08. The molecule has 1 aromatic carbocycles. The molecule has 0 saturated heterocycles. The summed E-state index contributed by atoms with van der Waals surface area (Å²) in [5.41, 5.74) is 1.02. The van der Waals surface area contributed by atoms with Crippen LogP contribution in [0.3, 0.4) is 0 Å². The van der Waals surface area contributed by atoms with Crippen molar-refractivity contribution in [3.05, 3.63) is 35.9 Å². The van der Waals surface area contributed by atoms with Crippen molar-refractivity contribution in [3.63, 3.8) is 0 Å². The van der Waals surface area contributed by atoms with Crippen molar-refractivity contribution in [2.75, 3.05) is 14.2 Å². The van der Waals surface area contributed by atoms with Crippen molar-refractivity contribution in [1.29, 1.82) is 0 Å². The molecule has 0 unspecified atom stereocenters. The van der Waals surface area contributed by atoms with E-state index < -0.39 is 0 Å². The van der Waals surface area contributed by atoms with E-state index in [0.29, 0.717) is 22.6 Å². The normalized spacial score (nSPS) is 9.53. The Morgan fingerprint density at radius 2 is 1.60 bits per heavy atom. The van der Waals surface area contributed by atoms with Crippen LogP contribution in [-0.2, 0) is 0 Å². The second-order valence-corrected chi connectivity index (χ2v) is 3.21. The van der Waals surface area contributed by atoms with Gasteiger partial charge in [-0.05, 0) is 24.6 Å². The van der Waals surface area contributed by atoms with Crippen LogP contribution in [-0.4, -0.2) is 20.0 Å². The molecule has 3 nitrogen and oxygen atoms in total. The molecule has 3 heteroatoms. The first kappa shape index (κ1) is 11.3. The summed E-state index contributed by atoms with van der Waals surface area (Å²) in [7, 11) is 3.09. The largest absolute Gasteiger partial charge is 0.497 e. The Balaban J connectivity index is 3.17. The molecule has 0 saturated carbocycles. The Kier molecular flexibility index (Phi) is 3.50. The van der Waals surface area contributed by atoms with E-state index in [4.69, 9.17) is 9.47 Å². The summed E-state index contributed by atoms with van der Waals surface area (Å²) in [4.78, 5) is 11.7. The first-order chi connectivity index (χ1) is 7.08. The monoisotopic (exact) mass is 206 g/mol. The molecule has 0 aliphatic heterocycles. The van der Waals surface area contributed by atoms with Crippen LogP contribution < -0.4 is 9.47 Å². The topological polar surface area (TPSA) is 35.5 Å². The molecule has 1 aromatic rings. The van der Waals surface area contributed by atoms with Gasteiger partial charge in [0.05, 0.1) is 14.2 Å². The number of benzene rings is 1. The van der Waals surface area contributed by atoms with Crippen LogP contribution in [0.5, 0.6) is 11.5 Å². The van der Waals surface area contributed by atoms with E-state index in [-0.39, 0.29) is 5.78 Å². The van der Waals surface area contributed by atoms with Gasteiger partial charge in [0.1, 0.15) is 11.5 Å². The van der Waals surface area contributed by atoms with Crippen LogP contribution >= 0.6 is 0 Å². The first-order valence-corrected chi connectivity index (χ1v) is 4.51. The van der Waals surface area contributed by atoms with E-state index in [1.165, 1.54) is 0 Å². The molecule has 0 amide bonds. The van der Waals surface area contributed by atoms with E-state index in [1.807, 2.05) is 0 Å². The van der Waals surface area contributed by atoms with Crippen molar-refractivity contribution in [3.8, 4) is 11.5 Å². The minimum Gasteiger partial charge on any atom is -0.497 e. The third-order valence-electron chi connectivity index (χ3n) is 2.00. The molecule has 15 heavy (non-hydrogen) atoms. The van der Waals surface area contributed by atoms with Crippen LogP contribution in [0.4, 0.5) is 0 Å². The van der Waals surface area contributed by atoms with E-state index in [0.717, 1.165) is 0 Å². The fourth-order valence-electron chi connectivity index (χ4n) is 1.18. The SMILES string of the molecule is C=C(C)C(=O)c1cc(OC)cc(OC)c1. The number of ether oxygens (including phenoxy) is 2. The van der Waals surface area contributed by atoms with Crippen molar-refractivity contribution in [2.45, 2.75) is 6.92 Å². The number of Topliss-reactive ketones (excluding diaryl/α,β-unsaturated/α-hetero) is 1. The lowest BCUT2D eigenvalue weighted by atomic mass is 10.1. The summed E-state index contributed by atoms with van der Waals surface area (Å²) in [6, 6.07) is 5.05. The average molecular weight is 206 g/mol. The molecule has 0 fully saturated rings. The Morgan fingerprint density at radius 3 is 1.93 bits per heavy atom. The summed E-state index contributed by atoms with van der Waals surface area (Å²) in [5, 5.41) is 0. The Morgan fingerprint density at radius 1 is 1.13 bits per heavy atom. The molecule has 0 radical (unpaired) electrons. The molecular formula is C12H14O3. The molecule has 80 valence electrons. The quantitative estimate of drug-likeness (QED) is 0.560. The van der Waals surface area contributed by atoms with Gasteiger partial charge in [-0.2, -0.15) is 0 Å². The number of hydrogen-bond acceptors (Lipinski definition) is 3. The number of carbonyl (C=O) groups is 1. The fraction of sp³-hybridized carbons (Fsp3) is 0.250. The number of carbonyl (C=O) groups excluding carboxylic acids is 1. The van der Waals surface area contributed by atoms with Crippen LogP contribution in [0.2, 0.25) is 0 Å². The Labute approximate surface area is 89.3 Å². The number of ketones is 1. The van der Waals surface area contributed by atoms with Crippen molar-refractivity contribution >= 4 is 5.78 Å². The second kappa shape index (κ2) is 4.64. The Hall–Kier alpha value is -1.77. The van der Waals surface area contributed by atoms with Gasteiger partial charge in [-0.3, -0.25) is 4.79 Å². The molecule has 0 atom stereocenters. The summed E-state index contributed by atoms with van der Waals surface area (Å²) >= 11 is 0. The van der Waals surface area contributed by atoms with Crippen LogP contribution in [0.25, 0.3) is 0 Å². The highest BCUT2D eigenvalue weighted by atomic mass is 16.5. The zero-order chi connectivity index (χ0) is 11.4. The highest BCUT2D eigenvalue weighted by Crippen LogP contribution is 2.23. The molecule has 0 bridgehead atoms. The van der Waals surface area contributed by atoms with Gasteiger partial charge >= 0.3 is 0 Å². The summed E-state index contributed by atoms with van der Waals surface area (Å²) in [6.07, 6.45) is 0. The van der Waals surface area contributed by atoms with E-state index >= 15 is 0 Å². The summed E-state index contributed by atoms with van der Waals surface area (Å²) < 4.78 is 10.1. The number of methoxy groups -OCH3 is 2. The molecule has 0 spiro atoms. The van der Waals surface area contributed by atoms with Gasteiger partial charge < -0.3 is 9.47 Å². The maximum Gasteiger partial charge on any atom is 0.188 e. The highest BCUT2D eigenvalue weighted by Gasteiger charge is 2.09. The maximum atomic E-state index is 11.7. The van der Waals surface area contributed by atoms with E-state index in [1.54, 1.807) is 39.3 Å².